The van der Waals surface area contributed by atoms with Crippen LogP contribution in [-0.4, -0.2) is 24.9 Å². The molecule has 1 aromatic rings. The van der Waals surface area contributed by atoms with Crippen molar-refractivity contribution in [2.75, 3.05) is 13.2 Å². The molecule has 0 amide bonds. The molecule has 1 aliphatic heterocycles. The van der Waals surface area contributed by atoms with Crippen LogP contribution in [0.5, 0.6) is 5.75 Å². The predicted octanol–water partition coefficient (Wildman–Crippen LogP) is 2.91. The molecular formula is C17H25NO2. The van der Waals surface area contributed by atoms with Crippen LogP contribution in [0, 0.1) is 5.92 Å². The first-order chi connectivity index (χ1) is 9.71. The molecule has 0 spiro atoms. The molecule has 20 heavy (non-hydrogen) atoms. The molecule has 3 unspecified atom stereocenters. The van der Waals surface area contributed by atoms with Gasteiger partial charge in [0, 0.05) is 13.0 Å². The maximum Gasteiger partial charge on any atom is 0.126 e. The third kappa shape index (κ3) is 2.84. The maximum absolute atomic E-state index is 6.26. The second kappa shape index (κ2) is 5.74. The molecule has 0 radical (unpaired) electrons. The number of hydrogen-bond donors (Lipinski definition) is 1. The lowest BCUT2D eigenvalue weighted by Crippen LogP contribution is -2.46. The second-order valence-electron chi connectivity index (χ2n) is 6.45. The highest BCUT2D eigenvalue weighted by atomic mass is 16.5. The fraction of sp³-hybridized carbons (Fsp3) is 0.647. The number of benzene rings is 1. The fourth-order valence-electron chi connectivity index (χ4n) is 3.60. The Labute approximate surface area is 121 Å². The molecule has 1 aromatic carbocycles. The van der Waals surface area contributed by atoms with Gasteiger partial charge in [-0.15, -0.1) is 0 Å². The van der Waals surface area contributed by atoms with Gasteiger partial charge in [0.15, 0.2) is 0 Å². The van der Waals surface area contributed by atoms with Crippen LogP contribution in [0.4, 0.5) is 0 Å². The highest BCUT2D eigenvalue weighted by Gasteiger charge is 2.36. The summed E-state index contributed by atoms with van der Waals surface area (Å²) < 4.78 is 12.2. The Hall–Kier alpha value is -1.06. The topological polar surface area (TPSA) is 44.5 Å². The number of nitrogens with two attached hydrogens (primary N) is 1. The van der Waals surface area contributed by atoms with Crippen molar-refractivity contribution >= 4 is 0 Å². The van der Waals surface area contributed by atoms with Crippen LogP contribution in [0.1, 0.15) is 38.2 Å². The van der Waals surface area contributed by atoms with Crippen LogP contribution < -0.4 is 10.5 Å². The molecule has 0 saturated heterocycles. The molecule has 3 atom stereocenters. The van der Waals surface area contributed by atoms with Crippen molar-refractivity contribution in [2.24, 2.45) is 11.7 Å². The third-order valence-electron chi connectivity index (χ3n) is 4.71. The van der Waals surface area contributed by atoms with E-state index >= 15 is 0 Å². The molecule has 3 heteroatoms. The minimum Gasteiger partial charge on any atom is -0.487 e. The van der Waals surface area contributed by atoms with Crippen LogP contribution in [0.15, 0.2) is 24.3 Å². The van der Waals surface area contributed by atoms with Gasteiger partial charge in [-0.05, 0) is 30.4 Å². The Kier molecular flexibility index (Phi) is 3.99. The number of para-hydroxylation sites is 1. The van der Waals surface area contributed by atoms with E-state index in [0.29, 0.717) is 19.1 Å². The summed E-state index contributed by atoms with van der Waals surface area (Å²) in [7, 11) is 0. The summed E-state index contributed by atoms with van der Waals surface area (Å²) in [6.45, 7) is 3.57. The highest BCUT2D eigenvalue weighted by molar-refractivity contribution is 5.37. The summed E-state index contributed by atoms with van der Waals surface area (Å²) in [5.41, 5.74) is 7.18. The number of hydrogen-bond acceptors (Lipinski definition) is 3. The van der Waals surface area contributed by atoms with Gasteiger partial charge in [0.25, 0.3) is 0 Å². The normalized spacial score (nSPS) is 32.7. The van der Waals surface area contributed by atoms with E-state index in [4.69, 9.17) is 15.2 Å². The van der Waals surface area contributed by atoms with Crippen molar-refractivity contribution in [1.29, 1.82) is 0 Å². The van der Waals surface area contributed by atoms with Gasteiger partial charge in [0.1, 0.15) is 11.9 Å². The van der Waals surface area contributed by atoms with E-state index in [-0.39, 0.29) is 11.7 Å². The smallest absolute Gasteiger partial charge is 0.126 e. The fourth-order valence-corrected chi connectivity index (χ4v) is 3.60. The van der Waals surface area contributed by atoms with Gasteiger partial charge in [-0.3, -0.25) is 0 Å². The zero-order valence-corrected chi connectivity index (χ0v) is 12.3. The Bertz CT molecular complexity index is 437. The van der Waals surface area contributed by atoms with Gasteiger partial charge in [-0.2, -0.15) is 0 Å². The first-order valence-electron chi connectivity index (χ1n) is 7.79. The van der Waals surface area contributed by atoms with E-state index in [1.54, 1.807) is 0 Å². The van der Waals surface area contributed by atoms with Crippen molar-refractivity contribution in [1.82, 2.24) is 0 Å². The molecule has 2 N–H and O–H groups in total. The van der Waals surface area contributed by atoms with Crippen molar-refractivity contribution in [3.63, 3.8) is 0 Å². The average molecular weight is 275 g/mol. The Balaban J connectivity index is 1.57. The van der Waals surface area contributed by atoms with Crippen LogP contribution in [0.2, 0.25) is 0 Å². The summed E-state index contributed by atoms with van der Waals surface area (Å²) in [4.78, 5) is 0. The van der Waals surface area contributed by atoms with Crippen molar-refractivity contribution in [3.8, 4) is 5.75 Å². The summed E-state index contributed by atoms with van der Waals surface area (Å²) in [6.07, 6.45) is 5.80. The molecule has 1 fully saturated rings. The summed E-state index contributed by atoms with van der Waals surface area (Å²) in [5, 5.41) is 0. The Morgan fingerprint density at radius 2 is 2.25 bits per heavy atom. The molecular weight excluding hydrogens is 250 g/mol. The number of ether oxygens (including phenoxy) is 2. The van der Waals surface area contributed by atoms with Gasteiger partial charge in [0.2, 0.25) is 0 Å². The number of rotatable bonds is 4. The molecule has 1 heterocycles. The first-order valence-corrected chi connectivity index (χ1v) is 7.79. The molecule has 3 nitrogen and oxygen atoms in total. The Morgan fingerprint density at radius 1 is 1.40 bits per heavy atom. The first kappa shape index (κ1) is 13.9. The van der Waals surface area contributed by atoms with Gasteiger partial charge in [0.05, 0.1) is 12.2 Å². The van der Waals surface area contributed by atoms with E-state index in [1.165, 1.54) is 18.4 Å². The van der Waals surface area contributed by atoms with Crippen molar-refractivity contribution in [2.45, 2.75) is 50.7 Å². The molecule has 0 bridgehead atoms. The van der Waals surface area contributed by atoms with Crippen LogP contribution >= 0.6 is 0 Å². The predicted molar refractivity (Wildman–Crippen MR) is 79.9 cm³/mol. The average Bonchev–Trinajstić information content (AvgIpc) is 2.88. The van der Waals surface area contributed by atoms with Gasteiger partial charge in [-0.1, -0.05) is 38.0 Å². The minimum atomic E-state index is -0.115. The lowest BCUT2D eigenvalue weighted by Gasteiger charge is -2.39. The summed E-state index contributed by atoms with van der Waals surface area (Å²) in [5.74, 6) is 1.73. The summed E-state index contributed by atoms with van der Waals surface area (Å²) >= 11 is 0. The van der Waals surface area contributed by atoms with Crippen LogP contribution in [0.3, 0.4) is 0 Å². The zero-order valence-electron chi connectivity index (χ0n) is 12.3. The maximum atomic E-state index is 6.26. The standard InChI is InChI=1S/C17H25NO2/c1-13-5-4-8-17(10-13,12-18)19-11-15-9-14-6-2-3-7-16(14)20-15/h2-3,6-7,13,15H,4-5,8-12,18H2,1H3. The number of fused-ring (bicyclic) bond motifs is 1. The molecule has 0 aromatic heterocycles. The van der Waals surface area contributed by atoms with Crippen molar-refractivity contribution < 1.29 is 9.47 Å². The molecule has 3 rings (SSSR count). The van der Waals surface area contributed by atoms with E-state index in [1.807, 2.05) is 12.1 Å². The van der Waals surface area contributed by atoms with E-state index in [2.05, 4.69) is 19.1 Å². The summed E-state index contributed by atoms with van der Waals surface area (Å²) in [6, 6.07) is 8.26. The second-order valence-corrected chi connectivity index (χ2v) is 6.45. The van der Waals surface area contributed by atoms with E-state index in [9.17, 15) is 0 Å². The zero-order chi connectivity index (χ0) is 14.0. The molecule has 1 aliphatic carbocycles. The lowest BCUT2D eigenvalue weighted by molar-refractivity contribution is -0.0945. The minimum absolute atomic E-state index is 0.115. The third-order valence-corrected chi connectivity index (χ3v) is 4.71. The molecule has 1 saturated carbocycles. The van der Waals surface area contributed by atoms with Gasteiger partial charge in [-0.25, -0.2) is 0 Å². The SMILES string of the molecule is CC1CCCC(CN)(OCC2Cc3ccccc3O2)C1. The van der Waals surface area contributed by atoms with Gasteiger partial charge < -0.3 is 15.2 Å². The monoisotopic (exact) mass is 275 g/mol. The van der Waals surface area contributed by atoms with Crippen molar-refractivity contribution in [3.05, 3.63) is 29.8 Å². The quantitative estimate of drug-likeness (QED) is 0.919. The van der Waals surface area contributed by atoms with Crippen LogP contribution in [0.25, 0.3) is 0 Å². The lowest BCUT2D eigenvalue weighted by atomic mass is 9.79. The molecule has 2 aliphatic rings. The molecule has 110 valence electrons. The van der Waals surface area contributed by atoms with Crippen LogP contribution in [-0.2, 0) is 11.2 Å². The highest BCUT2D eigenvalue weighted by Crippen LogP contribution is 2.35. The van der Waals surface area contributed by atoms with E-state index < -0.39 is 0 Å². The van der Waals surface area contributed by atoms with E-state index in [0.717, 1.165) is 25.0 Å². The van der Waals surface area contributed by atoms with Gasteiger partial charge >= 0.3 is 0 Å². The Morgan fingerprint density at radius 3 is 3.00 bits per heavy atom. The largest absolute Gasteiger partial charge is 0.487 e.